The summed E-state index contributed by atoms with van der Waals surface area (Å²) in [6.07, 6.45) is 2.00. The molecule has 0 aromatic rings. The Hall–Kier alpha value is -0.620. The first-order chi connectivity index (χ1) is 7.57. The van der Waals surface area contributed by atoms with E-state index >= 15 is 0 Å². The SMILES string of the molecule is O=C(CS(=O)(=O)CC1CNC1)N1CCCC1. The molecule has 2 aliphatic rings. The molecule has 0 aliphatic carbocycles. The second-order valence-electron chi connectivity index (χ2n) is 4.67. The van der Waals surface area contributed by atoms with Gasteiger partial charge in [-0.3, -0.25) is 4.79 Å². The van der Waals surface area contributed by atoms with Gasteiger partial charge in [0, 0.05) is 26.2 Å². The third kappa shape index (κ3) is 2.95. The highest BCUT2D eigenvalue weighted by Crippen LogP contribution is 2.11. The molecule has 2 fully saturated rings. The Bertz CT molecular complexity index is 356. The van der Waals surface area contributed by atoms with Crippen LogP contribution >= 0.6 is 0 Å². The third-order valence-electron chi connectivity index (χ3n) is 3.16. The maximum atomic E-state index is 11.7. The number of rotatable bonds is 4. The van der Waals surface area contributed by atoms with Gasteiger partial charge in [-0.2, -0.15) is 0 Å². The molecule has 6 heteroatoms. The molecule has 0 saturated carbocycles. The van der Waals surface area contributed by atoms with Crippen molar-refractivity contribution in [2.45, 2.75) is 12.8 Å². The van der Waals surface area contributed by atoms with E-state index in [0.717, 1.165) is 39.0 Å². The van der Waals surface area contributed by atoms with Gasteiger partial charge >= 0.3 is 0 Å². The van der Waals surface area contributed by atoms with Gasteiger partial charge in [-0.15, -0.1) is 0 Å². The Balaban J connectivity index is 1.84. The van der Waals surface area contributed by atoms with Gasteiger partial charge in [0.05, 0.1) is 5.75 Å². The Labute approximate surface area is 96.1 Å². The number of carbonyl (C=O) groups is 1. The van der Waals surface area contributed by atoms with Crippen molar-refractivity contribution in [2.24, 2.45) is 5.92 Å². The minimum absolute atomic E-state index is 0.152. The van der Waals surface area contributed by atoms with Crippen LogP contribution in [0.2, 0.25) is 0 Å². The second-order valence-corrected chi connectivity index (χ2v) is 6.78. The van der Waals surface area contributed by atoms with Crippen LogP contribution in [-0.4, -0.2) is 56.9 Å². The van der Waals surface area contributed by atoms with Crippen LogP contribution in [0.25, 0.3) is 0 Å². The molecule has 0 atom stereocenters. The first-order valence-corrected chi connectivity index (χ1v) is 7.58. The van der Waals surface area contributed by atoms with E-state index in [1.165, 1.54) is 0 Å². The van der Waals surface area contributed by atoms with Gasteiger partial charge in [0.25, 0.3) is 0 Å². The van der Waals surface area contributed by atoms with Gasteiger partial charge in [-0.1, -0.05) is 0 Å². The highest BCUT2D eigenvalue weighted by molar-refractivity contribution is 7.92. The van der Waals surface area contributed by atoms with E-state index < -0.39 is 9.84 Å². The molecule has 0 spiro atoms. The minimum Gasteiger partial charge on any atom is -0.342 e. The van der Waals surface area contributed by atoms with E-state index in [2.05, 4.69) is 5.32 Å². The lowest BCUT2D eigenvalue weighted by Gasteiger charge is -2.26. The van der Waals surface area contributed by atoms with Crippen molar-refractivity contribution in [1.29, 1.82) is 0 Å². The van der Waals surface area contributed by atoms with E-state index in [0.29, 0.717) is 0 Å². The quantitative estimate of drug-likeness (QED) is 0.708. The number of nitrogens with zero attached hydrogens (tertiary/aromatic N) is 1. The number of likely N-dealkylation sites (tertiary alicyclic amines) is 1. The van der Waals surface area contributed by atoms with Crippen molar-refractivity contribution in [1.82, 2.24) is 10.2 Å². The summed E-state index contributed by atoms with van der Waals surface area (Å²) in [7, 11) is -3.21. The summed E-state index contributed by atoms with van der Waals surface area (Å²) in [4.78, 5) is 13.3. The highest BCUT2D eigenvalue weighted by Gasteiger charge is 2.28. The Morgan fingerprint density at radius 1 is 1.25 bits per heavy atom. The summed E-state index contributed by atoms with van der Waals surface area (Å²) >= 11 is 0. The Kier molecular flexibility index (Phi) is 3.49. The van der Waals surface area contributed by atoms with Crippen LogP contribution in [0.4, 0.5) is 0 Å². The smallest absolute Gasteiger partial charge is 0.237 e. The molecule has 2 heterocycles. The molecule has 2 aliphatic heterocycles. The van der Waals surface area contributed by atoms with Gasteiger partial charge < -0.3 is 10.2 Å². The van der Waals surface area contributed by atoms with Gasteiger partial charge in [0.1, 0.15) is 5.75 Å². The largest absolute Gasteiger partial charge is 0.342 e. The fraction of sp³-hybridized carbons (Fsp3) is 0.900. The lowest BCUT2D eigenvalue weighted by atomic mass is 10.1. The molecule has 92 valence electrons. The molecule has 1 N–H and O–H groups in total. The third-order valence-corrected chi connectivity index (χ3v) is 4.82. The van der Waals surface area contributed by atoms with Gasteiger partial charge in [-0.25, -0.2) is 8.42 Å². The first kappa shape index (κ1) is 11.9. The van der Waals surface area contributed by atoms with Crippen LogP contribution in [0.5, 0.6) is 0 Å². The second kappa shape index (κ2) is 4.71. The van der Waals surface area contributed by atoms with Crippen LogP contribution < -0.4 is 5.32 Å². The Morgan fingerprint density at radius 3 is 2.38 bits per heavy atom. The summed E-state index contributed by atoms with van der Waals surface area (Å²) in [5.74, 6) is -0.163. The summed E-state index contributed by atoms with van der Waals surface area (Å²) in [6, 6.07) is 0. The van der Waals surface area contributed by atoms with Crippen LogP contribution in [0.15, 0.2) is 0 Å². The number of carbonyl (C=O) groups excluding carboxylic acids is 1. The van der Waals surface area contributed by atoms with Crippen LogP contribution in [0.3, 0.4) is 0 Å². The molecule has 0 bridgehead atoms. The van der Waals surface area contributed by atoms with E-state index in [9.17, 15) is 13.2 Å². The fourth-order valence-corrected chi connectivity index (χ4v) is 3.76. The average molecular weight is 246 g/mol. The predicted molar refractivity (Wildman–Crippen MR) is 60.8 cm³/mol. The zero-order valence-corrected chi connectivity index (χ0v) is 10.1. The van der Waals surface area contributed by atoms with Crippen LogP contribution in [-0.2, 0) is 14.6 Å². The molecule has 5 nitrogen and oxygen atoms in total. The fourth-order valence-electron chi connectivity index (χ4n) is 2.13. The summed E-state index contributed by atoms with van der Waals surface area (Å²) < 4.78 is 23.5. The molecule has 2 rings (SSSR count). The summed E-state index contributed by atoms with van der Waals surface area (Å²) in [5.41, 5.74) is 0. The monoisotopic (exact) mass is 246 g/mol. The Morgan fingerprint density at radius 2 is 1.88 bits per heavy atom. The van der Waals surface area contributed by atoms with E-state index in [1.54, 1.807) is 4.90 Å². The number of hydrogen-bond donors (Lipinski definition) is 1. The summed E-state index contributed by atoms with van der Waals surface area (Å²) in [6.45, 7) is 2.97. The lowest BCUT2D eigenvalue weighted by Crippen LogP contribution is -2.46. The van der Waals surface area contributed by atoms with Gasteiger partial charge in [0.15, 0.2) is 9.84 Å². The van der Waals surface area contributed by atoms with Crippen LogP contribution in [0.1, 0.15) is 12.8 Å². The molecular formula is C10H18N2O3S. The standard InChI is InChI=1S/C10H18N2O3S/c13-10(12-3-1-2-4-12)8-16(14,15)7-9-5-11-6-9/h9,11H,1-8H2. The topological polar surface area (TPSA) is 66.5 Å². The molecule has 0 unspecified atom stereocenters. The van der Waals surface area contributed by atoms with E-state index in [4.69, 9.17) is 0 Å². The number of hydrogen-bond acceptors (Lipinski definition) is 4. The summed E-state index contributed by atoms with van der Waals surface area (Å²) in [5, 5.41) is 3.03. The minimum atomic E-state index is -3.21. The number of amides is 1. The van der Waals surface area contributed by atoms with Crippen molar-refractivity contribution in [3.63, 3.8) is 0 Å². The molecule has 0 radical (unpaired) electrons. The maximum Gasteiger partial charge on any atom is 0.237 e. The zero-order valence-electron chi connectivity index (χ0n) is 9.31. The lowest BCUT2D eigenvalue weighted by molar-refractivity contribution is -0.127. The van der Waals surface area contributed by atoms with E-state index in [-0.39, 0.29) is 23.3 Å². The van der Waals surface area contributed by atoms with E-state index in [1.807, 2.05) is 0 Å². The highest BCUT2D eigenvalue weighted by atomic mass is 32.2. The zero-order chi connectivity index (χ0) is 11.6. The molecule has 16 heavy (non-hydrogen) atoms. The first-order valence-electron chi connectivity index (χ1n) is 5.76. The van der Waals surface area contributed by atoms with Crippen molar-refractivity contribution >= 4 is 15.7 Å². The van der Waals surface area contributed by atoms with Gasteiger partial charge in [-0.05, 0) is 18.8 Å². The normalized spacial score (nSPS) is 22.1. The van der Waals surface area contributed by atoms with Crippen LogP contribution in [0, 0.1) is 5.92 Å². The molecule has 0 aromatic carbocycles. The van der Waals surface area contributed by atoms with Crippen molar-refractivity contribution in [3.05, 3.63) is 0 Å². The molecular weight excluding hydrogens is 228 g/mol. The molecule has 2 saturated heterocycles. The molecule has 0 aromatic heterocycles. The predicted octanol–water partition coefficient (Wildman–Crippen LogP) is -0.757. The molecule has 1 amide bonds. The van der Waals surface area contributed by atoms with Crippen molar-refractivity contribution < 1.29 is 13.2 Å². The van der Waals surface area contributed by atoms with Gasteiger partial charge in [0.2, 0.25) is 5.91 Å². The number of sulfone groups is 1. The maximum absolute atomic E-state index is 11.7. The average Bonchev–Trinajstić information content (AvgIpc) is 2.63. The van der Waals surface area contributed by atoms with Crippen molar-refractivity contribution in [3.8, 4) is 0 Å². The van der Waals surface area contributed by atoms with Crippen molar-refractivity contribution in [2.75, 3.05) is 37.7 Å². The number of nitrogens with one attached hydrogen (secondary N) is 1.